The zero-order valence-corrected chi connectivity index (χ0v) is 9.26. The normalized spacial score (nSPS) is 19.1. The van der Waals surface area contributed by atoms with Crippen molar-refractivity contribution in [2.45, 2.75) is 26.7 Å². The highest BCUT2D eigenvalue weighted by Crippen LogP contribution is 2.47. The fraction of sp³-hybridized carbons (Fsp3) is 0.500. The van der Waals surface area contributed by atoms with E-state index in [0.717, 1.165) is 0 Å². The van der Waals surface area contributed by atoms with E-state index in [-0.39, 0.29) is 12.4 Å². The van der Waals surface area contributed by atoms with Crippen LogP contribution in [-0.2, 0) is 14.3 Å². The first-order valence-electron chi connectivity index (χ1n) is 5.02. The van der Waals surface area contributed by atoms with Gasteiger partial charge in [-0.25, -0.2) is 0 Å². The Balaban J connectivity index is 3.19. The average Bonchev–Trinajstić information content (AvgIpc) is 2.43. The van der Waals surface area contributed by atoms with E-state index in [4.69, 9.17) is 4.74 Å². The number of rotatable bonds is 3. The summed E-state index contributed by atoms with van der Waals surface area (Å²) in [5, 5.41) is 0. The maximum atomic E-state index is 11.9. The molecule has 0 radical (unpaired) electrons. The molecule has 0 unspecified atom stereocenters. The number of hydrogen-bond donors (Lipinski definition) is 0. The van der Waals surface area contributed by atoms with Crippen LogP contribution >= 0.6 is 0 Å². The van der Waals surface area contributed by atoms with Gasteiger partial charge in [0.2, 0.25) is 0 Å². The number of carbonyl (C=O) groups is 2. The highest BCUT2D eigenvalue weighted by Gasteiger charge is 2.52. The summed E-state index contributed by atoms with van der Waals surface area (Å²) in [7, 11) is 0. The molecule has 0 aromatic rings. The van der Waals surface area contributed by atoms with E-state index in [1.807, 2.05) is 0 Å². The van der Waals surface area contributed by atoms with Gasteiger partial charge in [-0.05, 0) is 37.8 Å². The van der Waals surface area contributed by atoms with Gasteiger partial charge in [0, 0.05) is 0 Å². The largest absolute Gasteiger partial charge is 0.465 e. The van der Waals surface area contributed by atoms with Gasteiger partial charge in [-0.15, -0.1) is 0 Å². The average molecular weight is 208 g/mol. The van der Waals surface area contributed by atoms with Crippen LogP contribution in [0, 0.1) is 5.41 Å². The molecule has 0 N–H and O–H groups in total. The third kappa shape index (κ3) is 1.52. The van der Waals surface area contributed by atoms with E-state index in [0.29, 0.717) is 24.0 Å². The highest BCUT2D eigenvalue weighted by molar-refractivity contribution is 6.09. The van der Waals surface area contributed by atoms with E-state index in [1.165, 1.54) is 6.92 Å². The molecule has 82 valence electrons. The van der Waals surface area contributed by atoms with E-state index < -0.39 is 11.4 Å². The molecule has 0 aromatic carbocycles. The van der Waals surface area contributed by atoms with Gasteiger partial charge in [-0.1, -0.05) is 13.2 Å². The molecule has 0 bridgehead atoms. The van der Waals surface area contributed by atoms with Crippen molar-refractivity contribution in [2.75, 3.05) is 6.61 Å². The molecule has 0 amide bonds. The second-order valence-electron chi connectivity index (χ2n) is 3.73. The Morgan fingerprint density at radius 2 is 1.80 bits per heavy atom. The van der Waals surface area contributed by atoms with Crippen molar-refractivity contribution in [3.05, 3.63) is 24.3 Å². The SMILES string of the molecule is C=C1CCC(=C)C1(C(C)=O)C(=O)OCC. The first-order chi connectivity index (χ1) is 6.97. The molecule has 0 aliphatic heterocycles. The first-order valence-corrected chi connectivity index (χ1v) is 5.02. The Bertz CT molecular complexity index is 323. The molecule has 1 fully saturated rings. The molecule has 0 spiro atoms. The van der Waals surface area contributed by atoms with Crippen LogP contribution in [0.2, 0.25) is 0 Å². The van der Waals surface area contributed by atoms with Gasteiger partial charge >= 0.3 is 5.97 Å². The summed E-state index contributed by atoms with van der Waals surface area (Å²) in [6.07, 6.45) is 1.27. The summed E-state index contributed by atoms with van der Waals surface area (Å²) < 4.78 is 4.95. The van der Waals surface area contributed by atoms with Crippen molar-refractivity contribution < 1.29 is 14.3 Å². The fourth-order valence-corrected chi connectivity index (χ4v) is 2.10. The van der Waals surface area contributed by atoms with E-state index >= 15 is 0 Å². The summed E-state index contributed by atoms with van der Waals surface area (Å²) in [5.74, 6) is -0.765. The molecule has 3 heteroatoms. The van der Waals surface area contributed by atoms with Gasteiger partial charge < -0.3 is 4.74 Å². The van der Waals surface area contributed by atoms with Gasteiger partial charge in [-0.2, -0.15) is 0 Å². The lowest BCUT2D eigenvalue weighted by Gasteiger charge is -2.26. The second kappa shape index (κ2) is 4.01. The van der Waals surface area contributed by atoms with Crippen molar-refractivity contribution in [1.82, 2.24) is 0 Å². The summed E-state index contributed by atoms with van der Waals surface area (Å²) in [5.41, 5.74) is -0.0485. The topological polar surface area (TPSA) is 43.4 Å². The van der Waals surface area contributed by atoms with Crippen LogP contribution in [0.1, 0.15) is 26.7 Å². The fourth-order valence-electron chi connectivity index (χ4n) is 2.10. The monoisotopic (exact) mass is 208 g/mol. The van der Waals surface area contributed by atoms with Crippen LogP contribution in [0.15, 0.2) is 24.3 Å². The predicted octanol–water partition coefficient (Wildman–Crippen LogP) is 2.03. The van der Waals surface area contributed by atoms with Crippen LogP contribution in [-0.4, -0.2) is 18.4 Å². The first kappa shape index (κ1) is 11.7. The molecule has 1 aliphatic rings. The molecule has 1 saturated carbocycles. The van der Waals surface area contributed by atoms with E-state index in [1.54, 1.807) is 6.92 Å². The highest BCUT2D eigenvalue weighted by atomic mass is 16.5. The third-order valence-electron chi connectivity index (χ3n) is 2.90. The second-order valence-corrected chi connectivity index (χ2v) is 3.73. The Hall–Kier alpha value is -1.38. The third-order valence-corrected chi connectivity index (χ3v) is 2.90. The zero-order valence-electron chi connectivity index (χ0n) is 9.26. The molecule has 3 nitrogen and oxygen atoms in total. The number of carbonyl (C=O) groups excluding carboxylic acids is 2. The van der Waals surface area contributed by atoms with E-state index in [2.05, 4.69) is 13.2 Å². The molecular formula is C12H16O3. The predicted molar refractivity (Wildman–Crippen MR) is 57.3 cm³/mol. The van der Waals surface area contributed by atoms with Gasteiger partial charge in [-0.3, -0.25) is 9.59 Å². The number of hydrogen-bond acceptors (Lipinski definition) is 3. The van der Waals surface area contributed by atoms with E-state index in [9.17, 15) is 9.59 Å². The van der Waals surface area contributed by atoms with Crippen molar-refractivity contribution >= 4 is 11.8 Å². The lowest BCUT2D eigenvalue weighted by molar-refractivity contribution is -0.154. The molecule has 0 aromatic heterocycles. The van der Waals surface area contributed by atoms with Crippen LogP contribution in [0.3, 0.4) is 0 Å². The molecular weight excluding hydrogens is 192 g/mol. The molecule has 0 atom stereocenters. The van der Waals surface area contributed by atoms with Crippen molar-refractivity contribution in [1.29, 1.82) is 0 Å². The minimum Gasteiger partial charge on any atom is -0.465 e. The van der Waals surface area contributed by atoms with Crippen molar-refractivity contribution in [2.24, 2.45) is 5.41 Å². The number of Topliss-reactive ketones (excluding diaryl/α,β-unsaturated/α-hetero) is 1. The minimum atomic E-state index is -1.27. The van der Waals surface area contributed by atoms with Crippen LogP contribution in [0.25, 0.3) is 0 Å². The van der Waals surface area contributed by atoms with Gasteiger partial charge in [0.15, 0.2) is 11.2 Å². The standard InChI is InChI=1S/C12H16O3/c1-5-15-11(14)12(10(4)13)8(2)6-7-9(12)3/h2-3,5-7H2,1,4H3. The smallest absolute Gasteiger partial charge is 0.328 e. The van der Waals surface area contributed by atoms with Gasteiger partial charge in [0.25, 0.3) is 0 Å². The van der Waals surface area contributed by atoms with Crippen molar-refractivity contribution in [3.8, 4) is 0 Å². The maximum Gasteiger partial charge on any atom is 0.328 e. The quantitative estimate of drug-likeness (QED) is 0.405. The Morgan fingerprint density at radius 3 is 2.13 bits per heavy atom. The number of ether oxygens (including phenoxy) is 1. The molecule has 1 rings (SSSR count). The Kier molecular flexibility index (Phi) is 3.12. The van der Waals surface area contributed by atoms with Gasteiger partial charge in [0.1, 0.15) is 0 Å². The Labute approximate surface area is 89.8 Å². The number of esters is 1. The molecule has 1 aliphatic carbocycles. The Morgan fingerprint density at radius 1 is 1.33 bits per heavy atom. The lowest BCUT2D eigenvalue weighted by atomic mass is 9.76. The van der Waals surface area contributed by atoms with Crippen LogP contribution in [0.4, 0.5) is 0 Å². The van der Waals surface area contributed by atoms with Crippen LogP contribution in [0.5, 0.6) is 0 Å². The maximum absolute atomic E-state index is 11.9. The molecule has 0 saturated heterocycles. The summed E-state index contributed by atoms with van der Waals surface area (Å²) in [6, 6.07) is 0. The minimum absolute atomic E-state index is 0.242. The molecule has 0 heterocycles. The number of ketones is 1. The van der Waals surface area contributed by atoms with Crippen molar-refractivity contribution in [3.63, 3.8) is 0 Å². The van der Waals surface area contributed by atoms with Gasteiger partial charge in [0.05, 0.1) is 6.61 Å². The lowest BCUT2D eigenvalue weighted by Crippen LogP contribution is -2.39. The summed E-state index contributed by atoms with van der Waals surface area (Å²) >= 11 is 0. The van der Waals surface area contributed by atoms with Crippen LogP contribution < -0.4 is 0 Å². The summed E-state index contributed by atoms with van der Waals surface area (Å²) in [6.45, 7) is 11.0. The summed E-state index contributed by atoms with van der Waals surface area (Å²) in [4.78, 5) is 23.5. The zero-order chi connectivity index (χ0) is 11.6. The molecule has 15 heavy (non-hydrogen) atoms.